The topological polar surface area (TPSA) is 63.6 Å². The molecule has 0 aliphatic carbocycles. The third-order valence-electron chi connectivity index (χ3n) is 2.74. The van der Waals surface area contributed by atoms with E-state index in [4.69, 9.17) is 0 Å². The second kappa shape index (κ2) is 5.64. The molecule has 0 aromatic carbocycles. The lowest BCUT2D eigenvalue weighted by Crippen LogP contribution is -2.15. The molecule has 5 nitrogen and oxygen atoms in total. The van der Waals surface area contributed by atoms with Crippen LogP contribution in [-0.4, -0.2) is 26.5 Å². The lowest BCUT2D eigenvalue weighted by Gasteiger charge is -2.10. The van der Waals surface area contributed by atoms with Gasteiger partial charge in [0, 0.05) is 35.9 Å². The molecule has 2 aromatic heterocycles. The van der Waals surface area contributed by atoms with E-state index in [2.05, 4.69) is 32.2 Å². The fourth-order valence-corrected chi connectivity index (χ4v) is 1.76. The minimum absolute atomic E-state index is 0.568. The zero-order valence-corrected chi connectivity index (χ0v) is 10.9. The molecular weight excluding hydrogens is 226 g/mol. The molecule has 0 aliphatic rings. The van der Waals surface area contributed by atoms with Crippen molar-refractivity contribution in [1.29, 1.82) is 0 Å². The Kier molecular flexibility index (Phi) is 3.94. The van der Waals surface area contributed by atoms with Crippen LogP contribution in [0.15, 0.2) is 18.5 Å². The molecule has 0 bridgehead atoms. The van der Waals surface area contributed by atoms with E-state index in [-0.39, 0.29) is 0 Å². The average Bonchev–Trinajstić information content (AvgIpc) is 2.39. The van der Waals surface area contributed by atoms with Gasteiger partial charge in [-0.15, -0.1) is 0 Å². The Balaban J connectivity index is 2.36. The van der Waals surface area contributed by atoms with Crippen molar-refractivity contribution in [3.63, 3.8) is 0 Å². The van der Waals surface area contributed by atoms with E-state index in [0.29, 0.717) is 11.6 Å². The van der Waals surface area contributed by atoms with Gasteiger partial charge in [0.05, 0.1) is 0 Å². The summed E-state index contributed by atoms with van der Waals surface area (Å²) < 4.78 is 0. The largest absolute Gasteiger partial charge is 0.313 e. The Morgan fingerprint density at radius 3 is 2.17 bits per heavy atom. The maximum Gasteiger partial charge on any atom is 0.198 e. The maximum absolute atomic E-state index is 4.48. The Hall–Kier alpha value is -1.88. The second-order valence-corrected chi connectivity index (χ2v) is 4.05. The van der Waals surface area contributed by atoms with Crippen LogP contribution in [0.1, 0.15) is 23.9 Å². The molecule has 94 valence electrons. The van der Waals surface area contributed by atoms with Gasteiger partial charge >= 0.3 is 0 Å². The summed E-state index contributed by atoms with van der Waals surface area (Å²) in [5.74, 6) is 1.16. The Labute approximate surface area is 107 Å². The van der Waals surface area contributed by atoms with Crippen molar-refractivity contribution in [3.8, 4) is 11.6 Å². The molecule has 0 saturated heterocycles. The van der Waals surface area contributed by atoms with Crippen LogP contribution in [0.5, 0.6) is 0 Å². The zero-order chi connectivity index (χ0) is 13.0. The van der Waals surface area contributed by atoms with E-state index in [1.165, 1.54) is 0 Å². The molecule has 0 aliphatic heterocycles. The Bertz CT molecular complexity index is 501. The SMILES string of the molecule is CCNCc1c(C)nc(-c2ncccn2)nc1C. The van der Waals surface area contributed by atoms with E-state index in [1.807, 2.05) is 13.8 Å². The van der Waals surface area contributed by atoms with Gasteiger partial charge in [-0.25, -0.2) is 19.9 Å². The van der Waals surface area contributed by atoms with Crippen molar-refractivity contribution < 1.29 is 0 Å². The highest BCUT2D eigenvalue weighted by Crippen LogP contribution is 2.15. The first-order chi connectivity index (χ1) is 8.72. The van der Waals surface area contributed by atoms with Gasteiger partial charge in [-0.05, 0) is 26.5 Å². The van der Waals surface area contributed by atoms with Crippen LogP contribution < -0.4 is 5.32 Å². The standard InChI is InChI=1S/C13H17N5/c1-4-14-8-11-9(2)17-13(18-10(11)3)12-15-6-5-7-16-12/h5-7,14H,4,8H2,1-3H3. The summed E-state index contributed by atoms with van der Waals surface area (Å²) in [6, 6.07) is 1.78. The highest BCUT2D eigenvalue weighted by molar-refractivity contribution is 5.44. The molecule has 18 heavy (non-hydrogen) atoms. The third kappa shape index (κ3) is 2.68. The molecule has 0 amide bonds. The third-order valence-corrected chi connectivity index (χ3v) is 2.74. The molecule has 0 unspecified atom stereocenters. The van der Waals surface area contributed by atoms with Crippen LogP contribution in [0.2, 0.25) is 0 Å². The van der Waals surface area contributed by atoms with E-state index in [1.54, 1.807) is 18.5 Å². The maximum atomic E-state index is 4.48. The molecule has 0 spiro atoms. The highest BCUT2D eigenvalue weighted by atomic mass is 15.0. The summed E-state index contributed by atoms with van der Waals surface area (Å²) >= 11 is 0. The first-order valence-electron chi connectivity index (χ1n) is 6.04. The van der Waals surface area contributed by atoms with E-state index >= 15 is 0 Å². The minimum Gasteiger partial charge on any atom is -0.313 e. The van der Waals surface area contributed by atoms with E-state index < -0.39 is 0 Å². The minimum atomic E-state index is 0.568. The van der Waals surface area contributed by atoms with Crippen LogP contribution in [0.4, 0.5) is 0 Å². The molecule has 1 N–H and O–H groups in total. The van der Waals surface area contributed by atoms with Crippen LogP contribution in [0.3, 0.4) is 0 Å². The van der Waals surface area contributed by atoms with Crippen LogP contribution >= 0.6 is 0 Å². The lowest BCUT2D eigenvalue weighted by molar-refractivity contribution is 0.710. The summed E-state index contributed by atoms with van der Waals surface area (Å²) in [5, 5.41) is 3.29. The molecule has 2 aromatic rings. The van der Waals surface area contributed by atoms with E-state index in [9.17, 15) is 0 Å². The van der Waals surface area contributed by atoms with Crippen LogP contribution in [0, 0.1) is 13.8 Å². The lowest BCUT2D eigenvalue weighted by atomic mass is 10.1. The molecular formula is C13H17N5. The van der Waals surface area contributed by atoms with Crippen molar-refractivity contribution >= 4 is 0 Å². The molecule has 0 fully saturated rings. The second-order valence-electron chi connectivity index (χ2n) is 4.05. The first kappa shape index (κ1) is 12.6. The van der Waals surface area contributed by atoms with Gasteiger partial charge in [0.1, 0.15) is 0 Å². The van der Waals surface area contributed by atoms with Gasteiger partial charge < -0.3 is 5.32 Å². The number of nitrogens with zero attached hydrogens (tertiary/aromatic N) is 4. The number of aromatic nitrogens is 4. The molecule has 0 atom stereocenters. The summed E-state index contributed by atoms with van der Waals surface area (Å²) in [5.41, 5.74) is 3.10. The van der Waals surface area contributed by atoms with Crippen molar-refractivity contribution in [2.24, 2.45) is 0 Å². The molecule has 2 heterocycles. The smallest absolute Gasteiger partial charge is 0.198 e. The molecule has 2 rings (SSSR count). The van der Waals surface area contributed by atoms with Crippen molar-refractivity contribution in [3.05, 3.63) is 35.4 Å². The fourth-order valence-electron chi connectivity index (χ4n) is 1.76. The summed E-state index contributed by atoms with van der Waals surface area (Å²) in [6.07, 6.45) is 3.39. The van der Waals surface area contributed by atoms with Gasteiger partial charge in [-0.3, -0.25) is 0 Å². The fraction of sp³-hybridized carbons (Fsp3) is 0.385. The summed E-state index contributed by atoms with van der Waals surface area (Å²) in [7, 11) is 0. The average molecular weight is 243 g/mol. The molecule has 5 heteroatoms. The van der Waals surface area contributed by atoms with Gasteiger partial charge in [0.25, 0.3) is 0 Å². The zero-order valence-electron chi connectivity index (χ0n) is 10.9. The quantitative estimate of drug-likeness (QED) is 0.884. The Morgan fingerprint density at radius 2 is 1.61 bits per heavy atom. The van der Waals surface area contributed by atoms with Gasteiger partial charge in [0.15, 0.2) is 11.6 Å². The summed E-state index contributed by atoms with van der Waals surface area (Å²) in [4.78, 5) is 17.3. The van der Waals surface area contributed by atoms with Crippen LogP contribution in [-0.2, 0) is 6.54 Å². The highest BCUT2D eigenvalue weighted by Gasteiger charge is 2.10. The Morgan fingerprint density at radius 1 is 1.00 bits per heavy atom. The van der Waals surface area contributed by atoms with Crippen molar-refractivity contribution in [1.82, 2.24) is 25.3 Å². The van der Waals surface area contributed by atoms with Gasteiger partial charge in [0.2, 0.25) is 0 Å². The monoisotopic (exact) mass is 243 g/mol. The molecule has 0 radical (unpaired) electrons. The van der Waals surface area contributed by atoms with Gasteiger partial charge in [-0.1, -0.05) is 6.92 Å². The van der Waals surface area contributed by atoms with E-state index in [0.717, 1.165) is 30.0 Å². The first-order valence-corrected chi connectivity index (χ1v) is 6.04. The van der Waals surface area contributed by atoms with Crippen molar-refractivity contribution in [2.75, 3.05) is 6.54 Å². The van der Waals surface area contributed by atoms with Gasteiger partial charge in [-0.2, -0.15) is 0 Å². The normalized spacial score (nSPS) is 10.6. The predicted octanol–water partition coefficient (Wildman–Crippen LogP) is 1.66. The number of hydrogen-bond acceptors (Lipinski definition) is 5. The number of rotatable bonds is 4. The van der Waals surface area contributed by atoms with Crippen LogP contribution in [0.25, 0.3) is 11.6 Å². The predicted molar refractivity (Wildman–Crippen MR) is 69.9 cm³/mol. The number of hydrogen-bond donors (Lipinski definition) is 1. The molecule has 0 saturated carbocycles. The number of aryl methyl sites for hydroxylation is 2. The number of nitrogens with one attached hydrogen (secondary N) is 1. The summed E-state index contributed by atoms with van der Waals surface area (Å²) in [6.45, 7) is 7.80. The van der Waals surface area contributed by atoms with Crippen molar-refractivity contribution in [2.45, 2.75) is 27.3 Å².